The van der Waals surface area contributed by atoms with Crippen molar-refractivity contribution in [1.29, 1.82) is 0 Å². The number of hydrogen-bond donors (Lipinski definition) is 1. The second kappa shape index (κ2) is 10.4. The Kier molecular flexibility index (Phi) is 7.31. The lowest BCUT2D eigenvalue weighted by Crippen LogP contribution is -2.55. The van der Waals surface area contributed by atoms with Gasteiger partial charge in [0.1, 0.15) is 5.01 Å². The van der Waals surface area contributed by atoms with Crippen molar-refractivity contribution < 1.29 is 19.1 Å². The summed E-state index contributed by atoms with van der Waals surface area (Å²) >= 11 is 1.40. The third-order valence-electron chi connectivity index (χ3n) is 6.24. The summed E-state index contributed by atoms with van der Waals surface area (Å²) < 4.78 is 11.0. The molecule has 0 aliphatic carbocycles. The maximum absolute atomic E-state index is 13.6. The van der Waals surface area contributed by atoms with Gasteiger partial charge in [-0.25, -0.2) is 9.78 Å². The summed E-state index contributed by atoms with van der Waals surface area (Å²) in [7, 11) is 0. The molecule has 0 bridgehead atoms. The summed E-state index contributed by atoms with van der Waals surface area (Å²) in [6.07, 6.45) is 1.71. The van der Waals surface area contributed by atoms with Crippen molar-refractivity contribution in [3.63, 3.8) is 0 Å². The van der Waals surface area contributed by atoms with E-state index in [1.807, 2.05) is 67.8 Å². The zero-order valence-corrected chi connectivity index (χ0v) is 21.1. The lowest BCUT2D eigenvalue weighted by Gasteiger charge is -2.46. The fraction of sp³-hybridized carbons (Fsp3) is 0.333. The standard InChI is InChI=1S/C27H29N3O4S/c1-5-33-25(31)21-17(3)30-27(4,18-12-8-7-9-13-18)23(26(32)34-6-2)22(21)24-29-20(16-35-24)19-14-10-11-15-28-19/h7-16,22-23,30H,5-6H2,1-4H3. The average Bonchev–Trinajstić information content (AvgIpc) is 3.35. The highest BCUT2D eigenvalue weighted by atomic mass is 32.1. The van der Waals surface area contributed by atoms with E-state index >= 15 is 0 Å². The monoisotopic (exact) mass is 491 g/mol. The number of rotatable bonds is 7. The molecule has 3 atom stereocenters. The number of carbonyl (C=O) groups excluding carboxylic acids is 2. The van der Waals surface area contributed by atoms with E-state index in [4.69, 9.17) is 14.5 Å². The highest BCUT2D eigenvalue weighted by molar-refractivity contribution is 7.10. The largest absolute Gasteiger partial charge is 0.466 e. The predicted octanol–water partition coefficient (Wildman–Crippen LogP) is 4.82. The van der Waals surface area contributed by atoms with Gasteiger partial charge >= 0.3 is 11.9 Å². The first kappa shape index (κ1) is 24.6. The van der Waals surface area contributed by atoms with Crippen LogP contribution >= 0.6 is 11.3 Å². The molecule has 3 aromatic rings. The number of hydrogen-bond acceptors (Lipinski definition) is 8. The van der Waals surface area contributed by atoms with Crippen molar-refractivity contribution in [3.8, 4) is 11.4 Å². The summed E-state index contributed by atoms with van der Waals surface area (Å²) in [5.41, 5.74) is 2.51. The Labute approximate surface area is 209 Å². The number of allylic oxidation sites excluding steroid dienone is 1. The molecule has 1 aliphatic rings. The second-order valence-electron chi connectivity index (χ2n) is 8.45. The molecule has 7 nitrogen and oxygen atoms in total. The highest BCUT2D eigenvalue weighted by Gasteiger charge is 2.54. The van der Waals surface area contributed by atoms with Crippen LogP contribution < -0.4 is 5.32 Å². The van der Waals surface area contributed by atoms with Gasteiger partial charge < -0.3 is 14.8 Å². The van der Waals surface area contributed by atoms with Crippen LogP contribution in [0.2, 0.25) is 0 Å². The lowest BCUT2D eigenvalue weighted by molar-refractivity contribution is -0.152. The minimum absolute atomic E-state index is 0.222. The molecule has 0 fully saturated rings. The number of ether oxygens (including phenoxy) is 2. The molecule has 1 aliphatic heterocycles. The van der Waals surface area contributed by atoms with Crippen LogP contribution in [0, 0.1) is 5.92 Å². The van der Waals surface area contributed by atoms with Gasteiger partial charge in [0.15, 0.2) is 0 Å². The number of benzene rings is 1. The first-order valence-corrected chi connectivity index (χ1v) is 12.5. The van der Waals surface area contributed by atoms with Crippen molar-refractivity contribution in [2.24, 2.45) is 5.92 Å². The number of carbonyl (C=O) groups is 2. The second-order valence-corrected chi connectivity index (χ2v) is 9.34. The molecular weight excluding hydrogens is 462 g/mol. The molecule has 1 N–H and O–H groups in total. The van der Waals surface area contributed by atoms with Crippen LogP contribution in [-0.4, -0.2) is 35.1 Å². The van der Waals surface area contributed by atoms with Crippen LogP contribution in [-0.2, 0) is 24.6 Å². The molecule has 0 saturated carbocycles. The minimum atomic E-state index is -0.852. The smallest absolute Gasteiger partial charge is 0.336 e. The molecule has 3 unspecified atom stereocenters. The SMILES string of the molecule is CCOC(=O)C1=C(C)NC(C)(c2ccccc2)C(C(=O)OCC)C1c1nc(-c2ccccn2)cs1. The van der Waals surface area contributed by atoms with E-state index in [9.17, 15) is 9.59 Å². The Bertz CT molecular complexity index is 1230. The molecule has 1 aromatic carbocycles. The van der Waals surface area contributed by atoms with Crippen LogP contribution in [0.3, 0.4) is 0 Å². The Hall–Kier alpha value is -3.52. The molecule has 182 valence electrons. The fourth-order valence-electron chi connectivity index (χ4n) is 4.73. The first-order chi connectivity index (χ1) is 16.9. The summed E-state index contributed by atoms with van der Waals surface area (Å²) in [6.45, 7) is 7.79. The Balaban J connectivity index is 1.93. The van der Waals surface area contributed by atoms with Crippen LogP contribution in [0.1, 0.15) is 44.2 Å². The molecule has 4 rings (SSSR count). The molecule has 0 amide bonds. The number of aromatic nitrogens is 2. The quantitative estimate of drug-likeness (QED) is 0.474. The molecule has 0 spiro atoms. The van der Waals surface area contributed by atoms with Gasteiger partial charge in [0.25, 0.3) is 0 Å². The fourth-order valence-corrected chi connectivity index (χ4v) is 5.68. The summed E-state index contributed by atoms with van der Waals surface area (Å²) in [4.78, 5) is 36.1. The third-order valence-corrected chi connectivity index (χ3v) is 7.17. The molecule has 0 saturated heterocycles. The van der Waals surface area contributed by atoms with E-state index in [-0.39, 0.29) is 13.2 Å². The number of pyridine rings is 1. The lowest BCUT2D eigenvalue weighted by atomic mass is 9.67. The van der Waals surface area contributed by atoms with E-state index in [1.165, 1.54) is 11.3 Å². The molecule has 2 aromatic heterocycles. The van der Waals surface area contributed by atoms with Gasteiger partial charge in [-0.15, -0.1) is 11.3 Å². The first-order valence-electron chi connectivity index (χ1n) is 11.7. The predicted molar refractivity (Wildman–Crippen MR) is 134 cm³/mol. The van der Waals surface area contributed by atoms with Gasteiger partial charge in [0.05, 0.1) is 47.5 Å². The van der Waals surface area contributed by atoms with Crippen LogP contribution in [0.15, 0.2) is 71.4 Å². The van der Waals surface area contributed by atoms with E-state index in [2.05, 4.69) is 10.3 Å². The van der Waals surface area contributed by atoms with Crippen molar-refractivity contribution >= 4 is 23.3 Å². The molecule has 8 heteroatoms. The Morgan fingerprint density at radius 2 is 1.74 bits per heavy atom. The topological polar surface area (TPSA) is 90.4 Å². The van der Waals surface area contributed by atoms with Crippen LogP contribution in [0.5, 0.6) is 0 Å². The van der Waals surface area contributed by atoms with E-state index in [0.29, 0.717) is 22.0 Å². The summed E-state index contributed by atoms with van der Waals surface area (Å²) in [5, 5.41) is 6.01. The van der Waals surface area contributed by atoms with Crippen LogP contribution in [0.4, 0.5) is 0 Å². The van der Waals surface area contributed by atoms with Gasteiger partial charge in [-0.2, -0.15) is 0 Å². The van der Waals surface area contributed by atoms with E-state index < -0.39 is 29.3 Å². The maximum atomic E-state index is 13.6. The van der Waals surface area contributed by atoms with E-state index in [1.54, 1.807) is 20.0 Å². The summed E-state index contributed by atoms with van der Waals surface area (Å²) in [5.74, 6) is -2.31. The van der Waals surface area contributed by atoms with Crippen molar-refractivity contribution in [2.45, 2.75) is 39.2 Å². The van der Waals surface area contributed by atoms with E-state index in [0.717, 1.165) is 11.3 Å². The number of nitrogens with zero attached hydrogens (tertiary/aromatic N) is 2. The zero-order chi connectivity index (χ0) is 25.0. The Morgan fingerprint density at radius 1 is 1.03 bits per heavy atom. The zero-order valence-electron chi connectivity index (χ0n) is 20.3. The number of nitrogens with one attached hydrogen (secondary N) is 1. The number of thiazole rings is 1. The average molecular weight is 492 g/mol. The van der Waals surface area contributed by atoms with Crippen LogP contribution in [0.25, 0.3) is 11.4 Å². The van der Waals surface area contributed by atoms with Crippen molar-refractivity contribution in [3.05, 3.63) is 81.9 Å². The molecule has 3 heterocycles. The molecule has 0 radical (unpaired) electrons. The summed E-state index contributed by atoms with van der Waals surface area (Å²) in [6, 6.07) is 15.4. The normalized spacial score (nSPS) is 21.8. The van der Waals surface area contributed by atoms with Gasteiger partial charge in [-0.3, -0.25) is 9.78 Å². The maximum Gasteiger partial charge on any atom is 0.336 e. The van der Waals surface area contributed by atoms with Gasteiger partial charge in [0.2, 0.25) is 0 Å². The van der Waals surface area contributed by atoms with Gasteiger partial charge in [-0.1, -0.05) is 36.4 Å². The minimum Gasteiger partial charge on any atom is -0.466 e. The third kappa shape index (κ3) is 4.71. The van der Waals surface area contributed by atoms with Crippen molar-refractivity contribution in [1.82, 2.24) is 15.3 Å². The van der Waals surface area contributed by atoms with Gasteiger partial charge in [0, 0.05) is 17.3 Å². The van der Waals surface area contributed by atoms with Gasteiger partial charge in [-0.05, 0) is 45.4 Å². The van der Waals surface area contributed by atoms with Crippen molar-refractivity contribution in [2.75, 3.05) is 13.2 Å². The number of esters is 2. The highest BCUT2D eigenvalue weighted by Crippen LogP contribution is 2.49. The molecular formula is C27H29N3O4S. The molecule has 35 heavy (non-hydrogen) atoms. The Morgan fingerprint density at radius 3 is 2.40 bits per heavy atom.